The van der Waals surface area contributed by atoms with Crippen LogP contribution in [0.4, 0.5) is 5.13 Å². The number of amides is 2. The summed E-state index contributed by atoms with van der Waals surface area (Å²) in [5.74, 6) is -0.362. The van der Waals surface area contributed by atoms with E-state index < -0.39 is 0 Å². The third kappa shape index (κ3) is 3.53. The number of rotatable bonds is 3. The molecular formula is C16H17N5O2S. The van der Waals surface area contributed by atoms with E-state index in [1.807, 2.05) is 18.0 Å². The quantitative estimate of drug-likeness (QED) is 0.913. The Kier molecular flexibility index (Phi) is 4.74. The molecule has 2 heterocycles. The predicted molar refractivity (Wildman–Crippen MR) is 91.9 cm³/mol. The third-order valence-electron chi connectivity index (χ3n) is 3.91. The number of thiazole rings is 1. The normalized spacial score (nSPS) is 15.2. The van der Waals surface area contributed by atoms with Gasteiger partial charge in [-0.1, -0.05) is 11.3 Å². The zero-order chi connectivity index (χ0) is 17.1. The first kappa shape index (κ1) is 16.4. The number of aromatic nitrogens is 1. The lowest BCUT2D eigenvalue weighted by Crippen LogP contribution is -2.47. The molecule has 1 aliphatic rings. The number of benzene rings is 1. The van der Waals surface area contributed by atoms with Gasteiger partial charge in [0.05, 0.1) is 16.3 Å². The maximum atomic E-state index is 12.6. The summed E-state index contributed by atoms with van der Waals surface area (Å²) in [6, 6.07) is 7.16. The number of nitrogens with zero attached hydrogens (tertiary/aromatic N) is 4. The highest BCUT2D eigenvalue weighted by atomic mass is 32.1. The molecule has 0 radical (unpaired) electrons. The van der Waals surface area contributed by atoms with E-state index in [1.165, 1.54) is 11.3 Å². The van der Waals surface area contributed by atoms with Crippen LogP contribution in [0.15, 0.2) is 18.2 Å². The second-order valence-electron chi connectivity index (χ2n) is 5.68. The lowest BCUT2D eigenvalue weighted by molar-refractivity contribution is -0.115. The van der Waals surface area contributed by atoms with Crippen LogP contribution in [0.2, 0.25) is 0 Å². The highest BCUT2D eigenvalue weighted by molar-refractivity contribution is 7.22. The van der Waals surface area contributed by atoms with Crippen molar-refractivity contribution in [3.05, 3.63) is 23.8 Å². The fourth-order valence-corrected chi connectivity index (χ4v) is 3.46. The van der Waals surface area contributed by atoms with Gasteiger partial charge in [-0.2, -0.15) is 5.26 Å². The highest BCUT2D eigenvalue weighted by Gasteiger charge is 2.21. The summed E-state index contributed by atoms with van der Waals surface area (Å²) in [6.45, 7) is 3.21. The summed E-state index contributed by atoms with van der Waals surface area (Å²) in [4.78, 5) is 32.4. The van der Waals surface area contributed by atoms with Gasteiger partial charge in [-0.3, -0.25) is 9.59 Å². The highest BCUT2D eigenvalue weighted by Crippen LogP contribution is 2.27. The van der Waals surface area contributed by atoms with E-state index >= 15 is 0 Å². The second-order valence-corrected chi connectivity index (χ2v) is 6.71. The Morgan fingerprint density at radius 3 is 2.79 bits per heavy atom. The number of hydrogen-bond acceptors (Lipinski definition) is 6. The Labute approximate surface area is 143 Å². The maximum absolute atomic E-state index is 12.6. The smallest absolute Gasteiger partial charge is 0.253 e. The van der Waals surface area contributed by atoms with E-state index in [-0.39, 0.29) is 18.2 Å². The molecule has 0 aliphatic carbocycles. The molecule has 1 saturated heterocycles. The number of carbonyl (C=O) groups is 2. The summed E-state index contributed by atoms with van der Waals surface area (Å²) in [7, 11) is 2.05. The standard InChI is InChI=1S/C16H17N5O2S/c1-20-6-8-21(9-7-20)15(23)11-2-3-12-13(10-11)24-16(18-12)19-14(22)4-5-17/h2-3,10H,4,6-9H2,1H3,(H,18,19,22). The van der Waals surface area contributed by atoms with Crippen molar-refractivity contribution in [2.75, 3.05) is 38.5 Å². The second kappa shape index (κ2) is 6.95. The van der Waals surface area contributed by atoms with Crippen molar-refractivity contribution in [1.29, 1.82) is 5.26 Å². The molecular weight excluding hydrogens is 326 g/mol. The van der Waals surface area contributed by atoms with Crippen molar-refractivity contribution in [2.45, 2.75) is 6.42 Å². The topological polar surface area (TPSA) is 89.3 Å². The number of likely N-dealkylation sites (N-methyl/N-ethyl adjacent to an activating group) is 1. The maximum Gasteiger partial charge on any atom is 0.253 e. The molecule has 8 heteroatoms. The lowest BCUT2D eigenvalue weighted by Gasteiger charge is -2.32. The zero-order valence-corrected chi connectivity index (χ0v) is 14.1. The molecule has 3 rings (SSSR count). The van der Waals surface area contributed by atoms with Crippen molar-refractivity contribution >= 4 is 38.5 Å². The monoisotopic (exact) mass is 343 g/mol. The van der Waals surface area contributed by atoms with Crippen LogP contribution in [-0.4, -0.2) is 59.8 Å². The van der Waals surface area contributed by atoms with Crippen LogP contribution in [0.3, 0.4) is 0 Å². The van der Waals surface area contributed by atoms with E-state index in [2.05, 4.69) is 15.2 Å². The number of anilines is 1. The molecule has 0 atom stereocenters. The molecule has 1 aromatic heterocycles. The molecule has 2 amide bonds. The van der Waals surface area contributed by atoms with Gasteiger partial charge < -0.3 is 15.1 Å². The lowest BCUT2D eigenvalue weighted by atomic mass is 10.1. The van der Waals surface area contributed by atoms with E-state index in [9.17, 15) is 9.59 Å². The Hall–Kier alpha value is -2.50. The van der Waals surface area contributed by atoms with Gasteiger partial charge in [0.25, 0.3) is 5.91 Å². The fraction of sp³-hybridized carbons (Fsp3) is 0.375. The average Bonchev–Trinajstić information content (AvgIpc) is 2.96. The first-order valence-electron chi connectivity index (χ1n) is 7.62. The van der Waals surface area contributed by atoms with Crippen molar-refractivity contribution in [3.63, 3.8) is 0 Å². The van der Waals surface area contributed by atoms with Gasteiger partial charge in [-0.25, -0.2) is 4.98 Å². The Balaban J connectivity index is 1.77. The Morgan fingerprint density at radius 2 is 2.08 bits per heavy atom. The molecule has 1 aliphatic heterocycles. The summed E-state index contributed by atoms with van der Waals surface area (Å²) in [5, 5.41) is 11.6. The van der Waals surface area contributed by atoms with Gasteiger partial charge in [0.2, 0.25) is 5.91 Å². The van der Waals surface area contributed by atoms with Gasteiger partial charge in [0, 0.05) is 31.7 Å². The van der Waals surface area contributed by atoms with Crippen LogP contribution in [-0.2, 0) is 4.79 Å². The van der Waals surface area contributed by atoms with Gasteiger partial charge in [0.1, 0.15) is 6.42 Å². The van der Waals surface area contributed by atoms with Gasteiger partial charge in [-0.15, -0.1) is 0 Å². The summed E-state index contributed by atoms with van der Waals surface area (Å²) < 4.78 is 0.835. The van der Waals surface area contributed by atoms with Crippen molar-refractivity contribution in [2.24, 2.45) is 0 Å². The fourth-order valence-electron chi connectivity index (χ4n) is 2.54. The first-order valence-corrected chi connectivity index (χ1v) is 8.43. The van der Waals surface area contributed by atoms with Gasteiger partial charge in [0.15, 0.2) is 5.13 Å². The Morgan fingerprint density at radius 1 is 1.33 bits per heavy atom. The minimum Gasteiger partial charge on any atom is -0.336 e. The molecule has 2 aromatic rings. The molecule has 1 N–H and O–H groups in total. The first-order chi connectivity index (χ1) is 11.6. The van der Waals surface area contributed by atoms with E-state index in [0.717, 1.165) is 36.4 Å². The molecule has 1 fully saturated rings. The summed E-state index contributed by atoms with van der Waals surface area (Å²) >= 11 is 1.30. The molecule has 0 bridgehead atoms. The average molecular weight is 343 g/mol. The van der Waals surface area contributed by atoms with E-state index in [4.69, 9.17) is 5.26 Å². The number of nitriles is 1. The number of fused-ring (bicyclic) bond motifs is 1. The van der Waals surface area contributed by atoms with Crippen LogP contribution in [0.25, 0.3) is 10.2 Å². The van der Waals surface area contributed by atoms with Crippen LogP contribution in [0.1, 0.15) is 16.8 Å². The number of piperazine rings is 1. The van der Waals surface area contributed by atoms with E-state index in [0.29, 0.717) is 10.7 Å². The molecule has 0 unspecified atom stereocenters. The molecule has 124 valence electrons. The van der Waals surface area contributed by atoms with Crippen LogP contribution in [0.5, 0.6) is 0 Å². The SMILES string of the molecule is CN1CCN(C(=O)c2ccc3nc(NC(=O)CC#N)sc3c2)CC1. The molecule has 1 aromatic carbocycles. The van der Waals surface area contributed by atoms with Gasteiger partial charge in [-0.05, 0) is 25.2 Å². The molecule has 7 nitrogen and oxygen atoms in total. The van der Waals surface area contributed by atoms with Crippen LogP contribution < -0.4 is 5.32 Å². The summed E-state index contributed by atoms with van der Waals surface area (Å²) in [5.41, 5.74) is 1.35. The largest absolute Gasteiger partial charge is 0.336 e. The third-order valence-corrected chi connectivity index (χ3v) is 4.85. The number of hydrogen-bond donors (Lipinski definition) is 1. The zero-order valence-electron chi connectivity index (χ0n) is 13.3. The van der Waals surface area contributed by atoms with Crippen molar-refractivity contribution < 1.29 is 9.59 Å². The molecule has 24 heavy (non-hydrogen) atoms. The van der Waals surface area contributed by atoms with Gasteiger partial charge >= 0.3 is 0 Å². The van der Waals surface area contributed by atoms with Crippen molar-refractivity contribution in [1.82, 2.24) is 14.8 Å². The predicted octanol–water partition coefficient (Wildman–Crippen LogP) is 1.54. The minimum absolute atomic E-state index is 0.0217. The molecule has 0 saturated carbocycles. The van der Waals surface area contributed by atoms with Crippen LogP contribution >= 0.6 is 11.3 Å². The van der Waals surface area contributed by atoms with Crippen molar-refractivity contribution in [3.8, 4) is 6.07 Å². The minimum atomic E-state index is -0.384. The summed E-state index contributed by atoms with van der Waals surface area (Å²) in [6.07, 6.45) is -0.205. The van der Waals surface area contributed by atoms with E-state index in [1.54, 1.807) is 18.2 Å². The number of nitrogens with one attached hydrogen (secondary N) is 1. The molecule has 0 spiro atoms. The Bertz CT molecular complexity index is 817. The van der Waals surface area contributed by atoms with Crippen LogP contribution in [0, 0.1) is 11.3 Å². The number of carbonyl (C=O) groups excluding carboxylic acids is 2.